The summed E-state index contributed by atoms with van der Waals surface area (Å²) in [5.74, 6) is -4.02. The van der Waals surface area contributed by atoms with Crippen LogP contribution in [0.15, 0.2) is 24.3 Å². The molecule has 2 atom stereocenters. The molecule has 1 aromatic carbocycles. The fourth-order valence-electron chi connectivity index (χ4n) is 1.50. The van der Waals surface area contributed by atoms with Crippen LogP contribution in [0.3, 0.4) is 0 Å². The molecule has 0 aliphatic carbocycles. The summed E-state index contributed by atoms with van der Waals surface area (Å²) < 4.78 is 0. The lowest BCUT2D eigenvalue weighted by Gasteiger charge is -2.18. The summed E-state index contributed by atoms with van der Waals surface area (Å²) in [5.41, 5.74) is -0.198. The minimum Gasteiger partial charge on any atom is -0.595 e. The Morgan fingerprint density at radius 3 is 2.35 bits per heavy atom. The van der Waals surface area contributed by atoms with Gasteiger partial charge in [-0.05, 0) is 0 Å². The van der Waals surface area contributed by atoms with Crippen LogP contribution in [0, 0.1) is 5.21 Å². The summed E-state index contributed by atoms with van der Waals surface area (Å²) in [4.78, 5) is 21.5. The van der Waals surface area contributed by atoms with Gasteiger partial charge in [-0.15, -0.1) is 0 Å². The Kier molecular flexibility index (Phi) is 4.16. The predicted molar refractivity (Wildman–Crippen MR) is 54.8 cm³/mol. The van der Waals surface area contributed by atoms with Gasteiger partial charge in [-0.2, -0.15) is 5.23 Å². The fourth-order valence-corrected chi connectivity index (χ4v) is 1.50. The monoisotopic (exact) mass is 241 g/mol. The highest BCUT2D eigenvalue weighted by Crippen LogP contribution is 2.25. The van der Waals surface area contributed by atoms with Gasteiger partial charge in [0.15, 0.2) is 5.69 Å². The maximum Gasteiger partial charge on any atom is 0.311 e. The molecule has 7 heteroatoms. The molecule has 1 aromatic rings. The van der Waals surface area contributed by atoms with Gasteiger partial charge in [0.1, 0.15) is 0 Å². The summed E-state index contributed by atoms with van der Waals surface area (Å²) in [7, 11) is 0. The lowest BCUT2D eigenvalue weighted by molar-refractivity contribution is -0.991. The van der Waals surface area contributed by atoms with Crippen LogP contribution in [0.4, 0.5) is 5.69 Å². The lowest BCUT2D eigenvalue weighted by atomic mass is 9.94. The summed E-state index contributed by atoms with van der Waals surface area (Å²) in [6.45, 7) is 0. The van der Waals surface area contributed by atoms with E-state index in [-0.39, 0.29) is 11.3 Å². The fraction of sp³-hybridized carbons (Fsp3) is 0.200. The molecule has 0 amide bonds. The third-order valence-electron chi connectivity index (χ3n) is 2.24. The topological polar surface area (TPSA) is 122 Å². The molecule has 0 fully saturated rings. The average molecular weight is 241 g/mol. The first-order valence-electron chi connectivity index (χ1n) is 4.70. The molecular formula is C10H11NO6. The zero-order chi connectivity index (χ0) is 13.0. The summed E-state index contributed by atoms with van der Waals surface area (Å²) in [6, 6.07) is 5.48. The van der Waals surface area contributed by atoms with E-state index in [0.29, 0.717) is 0 Å². The van der Waals surface area contributed by atoms with Crippen LogP contribution < -0.4 is 5.23 Å². The van der Waals surface area contributed by atoms with Crippen molar-refractivity contribution in [2.45, 2.75) is 12.3 Å². The van der Waals surface area contributed by atoms with Crippen LogP contribution in [0.25, 0.3) is 0 Å². The van der Waals surface area contributed by atoms with Gasteiger partial charge in [-0.1, -0.05) is 18.2 Å². The lowest BCUT2D eigenvalue weighted by Crippen LogP contribution is -2.99. The molecule has 0 spiro atoms. The molecule has 0 radical (unpaired) electrons. The van der Waals surface area contributed by atoms with E-state index in [4.69, 9.17) is 15.4 Å². The molecular weight excluding hydrogens is 230 g/mol. The van der Waals surface area contributed by atoms with E-state index >= 15 is 0 Å². The van der Waals surface area contributed by atoms with Gasteiger partial charge in [0.25, 0.3) is 0 Å². The highest BCUT2D eigenvalue weighted by molar-refractivity contribution is 5.83. The van der Waals surface area contributed by atoms with Gasteiger partial charge in [0.05, 0.1) is 12.3 Å². The van der Waals surface area contributed by atoms with Crippen molar-refractivity contribution in [3.05, 3.63) is 35.0 Å². The number of rotatable bonds is 5. The molecule has 0 bridgehead atoms. The molecule has 92 valence electrons. The summed E-state index contributed by atoms with van der Waals surface area (Å²) in [5, 5.41) is 36.0. The molecule has 0 aromatic heterocycles. The molecule has 7 nitrogen and oxygen atoms in total. The summed E-state index contributed by atoms with van der Waals surface area (Å²) in [6.07, 6.45) is -0.653. The van der Waals surface area contributed by atoms with E-state index in [9.17, 15) is 14.8 Å². The molecule has 0 aliphatic rings. The van der Waals surface area contributed by atoms with Gasteiger partial charge in [0, 0.05) is 11.6 Å². The van der Waals surface area contributed by atoms with Gasteiger partial charge < -0.3 is 15.4 Å². The van der Waals surface area contributed by atoms with E-state index < -0.39 is 29.5 Å². The molecule has 0 aliphatic heterocycles. The van der Waals surface area contributed by atoms with Crippen molar-refractivity contribution in [1.29, 1.82) is 0 Å². The number of carbonyl (C=O) groups is 2. The number of para-hydroxylation sites is 1. The number of benzene rings is 1. The number of aliphatic carboxylic acids is 2. The van der Waals surface area contributed by atoms with Crippen LogP contribution in [0.5, 0.6) is 0 Å². The Bertz CT molecular complexity index is 431. The smallest absolute Gasteiger partial charge is 0.311 e. The second-order valence-electron chi connectivity index (χ2n) is 3.38. The van der Waals surface area contributed by atoms with Crippen LogP contribution in [-0.4, -0.2) is 27.4 Å². The molecule has 0 heterocycles. The van der Waals surface area contributed by atoms with E-state index in [1.165, 1.54) is 24.3 Å². The molecule has 2 unspecified atom stereocenters. The number of nitrogens with one attached hydrogen (secondary N) is 1. The zero-order valence-corrected chi connectivity index (χ0v) is 8.66. The minimum absolute atomic E-state index is 0.00472. The Balaban J connectivity index is 3.18. The molecule has 0 saturated carbocycles. The first-order chi connectivity index (χ1) is 7.93. The van der Waals surface area contributed by atoms with Crippen LogP contribution in [0.2, 0.25) is 0 Å². The number of hydrogen-bond donors (Lipinski definition) is 4. The van der Waals surface area contributed by atoms with Crippen molar-refractivity contribution in [2.75, 3.05) is 0 Å². The van der Waals surface area contributed by atoms with E-state index in [1.807, 2.05) is 0 Å². The van der Waals surface area contributed by atoms with Gasteiger partial charge in [-0.3, -0.25) is 9.59 Å². The number of hydrogen-bond acceptors (Lipinski definition) is 4. The standard InChI is InChI=1S/C10H11NO6/c12-9(13)5-7(10(14)15)6-3-1-2-4-8(6)11(16)17/h1-4,7,11,16H,5H2,(H,12,13)(H,14,15). The zero-order valence-electron chi connectivity index (χ0n) is 8.66. The van der Waals surface area contributed by atoms with Gasteiger partial charge in [-0.25, -0.2) is 5.21 Å². The Hall–Kier alpha value is -1.96. The third-order valence-corrected chi connectivity index (χ3v) is 2.24. The average Bonchev–Trinajstić information content (AvgIpc) is 2.25. The maximum absolute atomic E-state index is 11.0. The highest BCUT2D eigenvalue weighted by Gasteiger charge is 2.27. The van der Waals surface area contributed by atoms with Crippen molar-refractivity contribution in [2.24, 2.45) is 0 Å². The summed E-state index contributed by atoms with van der Waals surface area (Å²) >= 11 is 0. The van der Waals surface area contributed by atoms with Crippen molar-refractivity contribution >= 4 is 17.6 Å². The molecule has 4 N–H and O–H groups in total. The largest absolute Gasteiger partial charge is 0.595 e. The van der Waals surface area contributed by atoms with Gasteiger partial charge in [0.2, 0.25) is 0 Å². The maximum atomic E-state index is 11.0. The highest BCUT2D eigenvalue weighted by atomic mass is 16.8. The third kappa shape index (κ3) is 3.25. The molecule has 17 heavy (non-hydrogen) atoms. The van der Waals surface area contributed by atoms with Crippen molar-refractivity contribution in [1.82, 2.24) is 0 Å². The second-order valence-corrected chi connectivity index (χ2v) is 3.38. The quantitative estimate of drug-likeness (QED) is 0.526. The van der Waals surface area contributed by atoms with Crippen molar-refractivity contribution in [3.8, 4) is 0 Å². The Labute approximate surface area is 96.1 Å². The first-order valence-corrected chi connectivity index (χ1v) is 4.70. The number of carboxylic acid groups (broad SMARTS) is 2. The van der Waals surface area contributed by atoms with Crippen molar-refractivity contribution in [3.63, 3.8) is 0 Å². The molecule has 0 saturated heterocycles. The predicted octanol–water partition coefficient (Wildman–Crippen LogP) is -0.267. The second kappa shape index (κ2) is 5.39. The SMILES string of the molecule is O=C(O)CC(C(=O)O)c1ccccc1[NH+]([O-])O. The molecule has 1 rings (SSSR count). The van der Waals surface area contributed by atoms with Gasteiger partial charge >= 0.3 is 11.9 Å². The normalized spacial score (nSPS) is 14.0. The number of carboxylic acids is 2. The minimum atomic E-state index is -1.36. The van der Waals surface area contributed by atoms with Crippen LogP contribution >= 0.6 is 0 Å². The van der Waals surface area contributed by atoms with E-state index in [2.05, 4.69) is 0 Å². The van der Waals surface area contributed by atoms with Crippen molar-refractivity contribution < 1.29 is 30.2 Å². The van der Waals surface area contributed by atoms with E-state index in [1.54, 1.807) is 0 Å². The Morgan fingerprint density at radius 2 is 1.88 bits per heavy atom. The van der Waals surface area contributed by atoms with Crippen LogP contribution in [-0.2, 0) is 9.59 Å². The van der Waals surface area contributed by atoms with E-state index in [0.717, 1.165) is 0 Å². The number of quaternary nitrogens is 1. The Morgan fingerprint density at radius 1 is 1.29 bits per heavy atom. The van der Waals surface area contributed by atoms with Crippen LogP contribution in [0.1, 0.15) is 17.9 Å². The first kappa shape index (κ1) is 13.1.